The number of nitrogens with zero attached hydrogens (tertiary/aromatic N) is 1. The second-order valence-electron chi connectivity index (χ2n) is 6.37. The zero-order chi connectivity index (χ0) is 19.2. The molecule has 1 aromatic carbocycles. The Hall–Kier alpha value is -1.96. The molecular formula is C18H25F3N2O3. The molecule has 1 aliphatic rings. The van der Waals surface area contributed by atoms with Gasteiger partial charge in [0.1, 0.15) is 0 Å². The Bertz CT molecular complexity index is 602. The summed E-state index contributed by atoms with van der Waals surface area (Å²) in [6, 6.07) is 4.98. The monoisotopic (exact) mass is 374 g/mol. The van der Waals surface area contributed by atoms with Crippen molar-refractivity contribution in [2.24, 2.45) is 0 Å². The van der Waals surface area contributed by atoms with E-state index >= 15 is 0 Å². The summed E-state index contributed by atoms with van der Waals surface area (Å²) in [7, 11) is 3.20. The van der Waals surface area contributed by atoms with Gasteiger partial charge in [-0.05, 0) is 50.0 Å². The highest BCUT2D eigenvalue weighted by Crippen LogP contribution is 2.30. The summed E-state index contributed by atoms with van der Waals surface area (Å²) in [4.78, 5) is 14.2. The average Bonchev–Trinajstić information content (AvgIpc) is 2.64. The van der Waals surface area contributed by atoms with Crippen molar-refractivity contribution in [3.05, 3.63) is 23.8 Å². The highest BCUT2D eigenvalue weighted by atomic mass is 19.4. The zero-order valence-electron chi connectivity index (χ0n) is 15.1. The van der Waals surface area contributed by atoms with Crippen LogP contribution in [0, 0.1) is 0 Å². The predicted octanol–water partition coefficient (Wildman–Crippen LogP) is 2.78. The Morgan fingerprint density at radius 2 is 1.96 bits per heavy atom. The lowest BCUT2D eigenvalue weighted by Crippen LogP contribution is -2.44. The van der Waals surface area contributed by atoms with E-state index in [0.29, 0.717) is 12.8 Å². The first-order chi connectivity index (χ1) is 12.3. The number of benzene rings is 1. The van der Waals surface area contributed by atoms with Gasteiger partial charge in [0.15, 0.2) is 18.1 Å². The molecule has 0 aromatic heterocycles. The maximum atomic E-state index is 12.4. The summed E-state index contributed by atoms with van der Waals surface area (Å²) >= 11 is 0. The van der Waals surface area contributed by atoms with E-state index in [1.165, 1.54) is 13.2 Å². The third-order valence-corrected chi connectivity index (χ3v) is 4.50. The normalized spacial score (nSPS) is 15.6. The van der Waals surface area contributed by atoms with E-state index in [9.17, 15) is 18.0 Å². The lowest BCUT2D eigenvalue weighted by atomic mass is 10.0. The number of nitrogens with one attached hydrogen (secondary N) is 1. The Kier molecular flexibility index (Phi) is 7.14. The minimum Gasteiger partial charge on any atom is -0.493 e. The van der Waals surface area contributed by atoms with Crippen molar-refractivity contribution in [3.63, 3.8) is 0 Å². The number of hydrogen-bond acceptors (Lipinski definition) is 4. The molecule has 1 N–H and O–H groups in total. The summed E-state index contributed by atoms with van der Waals surface area (Å²) in [5.41, 5.74) is 0.813. The topological polar surface area (TPSA) is 50.8 Å². The summed E-state index contributed by atoms with van der Waals surface area (Å²) in [5, 5.41) is 3.27. The molecule has 1 aromatic rings. The molecule has 8 heteroatoms. The Morgan fingerprint density at radius 3 is 2.58 bits per heavy atom. The second-order valence-corrected chi connectivity index (χ2v) is 6.37. The molecule has 26 heavy (non-hydrogen) atoms. The lowest BCUT2D eigenvalue weighted by molar-refractivity contribution is -0.153. The van der Waals surface area contributed by atoms with Crippen LogP contribution in [0.25, 0.3) is 0 Å². The van der Waals surface area contributed by atoms with E-state index in [-0.39, 0.29) is 23.4 Å². The third-order valence-electron chi connectivity index (χ3n) is 4.50. The van der Waals surface area contributed by atoms with Crippen LogP contribution < -0.4 is 14.8 Å². The van der Waals surface area contributed by atoms with Crippen molar-refractivity contribution in [2.45, 2.75) is 37.9 Å². The molecule has 1 fully saturated rings. The van der Waals surface area contributed by atoms with E-state index in [2.05, 4.69) is 5.32 Å². The van der Waals surface area contributed by atoms with Crippen molar-refractivity contribution in [3.8, 4) is 11.5 Å². The van der Waals surface area contributed by atoms with Crippen molar-refractivity contribution in [1.29, 1.82) is 0 Å². The van der Waals surface area contributed by atoms with Gasteiger partial charge in [-0.2, -0.15) is 13.2 Å². The Balaban J connectivity index is 1.91. The average molecular weight is 374 g/mol. The molecule has 1 saturated heterocycles. The molecule has 0 atom stereocenters. The largest absolute Gasteiger partial charge is 0.493 e. The number of amides is 1. The van der Waals surface area contributed by atoms with Gasteiger partial charge >= 0.3 is 6.18 Å². The fourth-order valence-corrected chi connectivity index (χ4v) is 2.97. The highest BCUT2D eigenvalue weighted by molar-refractivity contribution is 5.76. The molecule has 146 valence electrons. The first-order valence-electron chi connectivity index (χ1n) is 8.63. The first kappa shape index (κ1) is 20.4. The smallest absolute Gasteiger partial charge is 0.422 e. The molecule has 0 radical (unpaired) electrons. The van der Waals surface area contributed by atoms with Gasteiger partial charge in [-0.3, -0.25) is 4.79 Å². The van der Waals surface area contributed by atoms with Crippen LogP contribution in [0.15, 0.2) is 18.2 Å². The van der Waals surface area contributed by atoms with Crippen molar-refractivity contribution < 1.29 is 27.4 Å². The van der Waals surface area contributed by atoms with Gasteiger partial charge in [-0.1, -0.05) is 6.07 Å². The van der Waals surface area contributed by atoms with E-state index in [1.54, 1.807) is 17.0 Å². The number of ether oxygens (including phenoxy) is 2. The van der Waals surface area contributed by atoms with Crippen molar-refractivity contribution >= 4 is 5.91 Å². The number of aryl methyl sites for hydroxylation is 1. The van der Waals surface area contributed by atoms with Crippen LogP contribution in [0.1, 0.15) is 24.8 Å². The van der Waals surface area contributed by atoms with Gasteiger partial charge in [0.25, 0.3) is 0 Å². The number of alkyl halides is 3. The molecule has 1 aliphatic heterocycles. The number of carbonyl (C=O) groups excluding carboxylic acids is 1. The van der Waals surface area contributed by atoms with Crippen LogP contribution in [-0.4, -0.2) is 56.9 Å². The van der Waals surface area contributed by atoms with Gasteiger partial charge in [0, 0.05) is 19.5 Å². The number of halogens is 3. The number of carbonyl (C=O) groups is 1. The lowest BCUT2D eigenvalue weighted by Gasteiger charge is -2.31. The Labute approximate surface area is 151 Å². The van der Waals surface area contributed by atoms with Gasteiger partial charge in [-0.15, -0.1) is 0 Å². The predicted molar refractivity (Wildman–Crippen MR) is 91.5 cm³/mol. The van der Waals surface area contributed by atoms with Gasteiger partial charge in [-0.25, -0.2) is 0 Å². The van der Waals surface area contributed by atoms with Gasteiger partial charge in [0.05, 0.1) is 7.11 Å². The van der Waals surface area contributed by atoms with E-state index in [1.807, 2.05) is 7.05 Å². The van der Waals surface area contributed by atoms with Crippen LogP contribution in [0.2, 0.25) is 0 Å². The molecule has 5 nitrogen and oxygen atoms in total. The van der Waals surface area contributed by atoms with E-state index < -0.39 is 12.8 Å². The van der Waals surface area contributed by atoms with Crippen LogP contribution in [0.4, 0.5) is 13.2 Å². The molecular weight excluding hydrogens is 349 g/mol. The molecule has 0 aliphatic carbocycles. The van der Waals surface area contributed by atoms with Crippen LogP contribution in [0.5, 0.6) is 11.5 Å². The summed E-state index contributed by atoms with van der Waals surface area (Å²) in [5.74, 6) is 0.325. The minimum atomic E-state index is -4.41. The van der Waals surface area contributed by atoms with Gasteiger partial charge < -0.3 is 19.7 Å². The molecule has 0 spiro atoms. The third kappa shape index (κ3) is 6.09. The molecule has 1 amide bonds. The SMILES string of the molecule is COc1cc(CCC(=O)N(C)C2CCNCC2)ccc1OCC(F)(F)F. The fourth-order valence-electron chi connectivity index (χ4n) is 2.97. The minimum absolute atomic E-state index is 0.0340. The molecule has 1 heterocycles. The molecule has 0 bridgehead atoms. The molecule has 0 saturated carbocycles. The molecule has 0 unspecified atom stereocenters. The number of piperidine rings is 1. The summed E-state index contributed by atoms with van der Waals surface area (Å²) in [6.07, 6.45) is -1.69. The van der Waals surface area contributed by atoms with Crippen LogP contribution in [-0.2, 0) is 11.2 Å². The highest BCUT2D eigenvalue weighted by Gasteiger charge is 2.29. The molecule has 2 rings (SSSR count). The maximum absolute atomic E-state index is 12.4. The van der Waals surface area contributed by atoms with Crippen LogP contribution in [0.3, 0.4) is 0 Å². The van der Waals surface area contributed by atoms with Crippen molar-refractivity contribution in [1.82, 2.24) is 10.2 Å². The Morgan fingerprint density at radius 1 is 1.27 bits per heavy atom. The standard InChI is InChI=1S/C18H25F3N2O3/c1-23(14-7-9-22-10-8-14)17(24)6-4-13-3-5-15(16(11-13)25-2)26-12-18(19,20)21/h3,5,11,14,22H,4,6-10,12H2,1-2H3. The quantitative estimate of drug-likeness (QED) is 0.797. The van der Waals surface area contributed by atoms with E-state index in [0.717, 1.165) is 31.5 Å². The second kappa shape index (κ2) is 9.12. The van der Waals surface area contributed by atoms with Crippen LogP contribution >= 0.6 is 0 Å². The zero-order valence-corrected chi connectivity index (χ0v) is 15.1. The number of hydrogen-bond donors (Lipinski definition) is 1. The van der Waals surface area contributed by atoms with E-state index in [4.69, 9.17) is 9.47 Å². The maximum Gasteiger partial charge on any atom is 0.422 e. The van der Waals surface area contributed by atoms with Crippen molar-refractivity contribution in [2.75, 3.05) is 33.9 Å². The summed E-state index contributed by atoms with van der Waals surface area (Å²) in [6.45, 7) is 0.458. The fraction of sp³-hybridized carbons (Fsp3) is 0.611. The summed E-state index contributed by atoms with van der Waals surface area (Å²) < 4.78 is 46.7. The first-order valence-corrected chi connectivity index (χ1v) is 8.63. The number of rotatable bonds is 7. The van der Waals surface area contributed by atoms with Gasteiger partial charge in [0.2, 0.25) is 5.91 Å². The number of methoxy groups -OCH3 is 1.